The van der Waals surface area contributed by atoms with Gasteiger partial charge in [-0.05, 0) is 30.9 Å². The van der Waals surface area contributed by atoms with Gasteiger partial charge in [0.2, 0.25) is 0 Å². The fraction of sp³-hybridized carbons (Fsp3) is 0.588. The molecule has 2 amide bonds. The lowest BCUT2D eigenvalue weighted by Gasteiger charge is -2.22. The van der Waals surface area contributed by atoms with Crippen molar-refractivity contribution in [1.29, 1.82) is 0 Å². The summed E-state index contributed by atoms with van der Waals surface area (Å²) in [4.78, 5) is 11.9. The molecule has 1 aromatic rings. The van der Waals surface area contributed by atoms with Crippen molar-refractivity contribution in [3.63, 3.8) is 0 Å². The number of carbonyl (C=O) groups excluding carboxylic acids is 1. The third-order valence-corrected chi connectivity index (χ3v) is 4.13. The minimum Gasteiger partial charge on any atom is -0.388 e. The van der Waals surface area contributed by atoms with Crippen LogP contribution in [0.4, 0.5) is 4.79 Å². The standard InChI is InChI=1S/C17H26N2O3/c1-2-22-12-15-8-4-3-7-14(15)11-18-16(20)19-13-17(21)9-5-6-10-17/h3-4,7-8,21H,2,5-6,9-13H2,1H3,(H2,18,19,20). The van der Waals surface area contributed by atoms with Crippen LogP contribution < -0.4 is 10.6 Å². The molecule has 0 aromatic heterocycles. The summed E-state index contributed by atoms with van der Waals surface area (Å²) in [7, 11) is 0. The Labute approximate surface area is 132 Å². The number of nitrogens with one attached hydrogen (secondary N) is 2. The maximum Gasteiger partial charge on any atom is 0.315 e. The molecule has 122 valence electrons. The number of hydrogen-bond acceptors (Lipinski definition) is 3. The smallest absolute Gasteiger partial charge is 0.315 e. The van der Waals surface area contributed by atoms with Gasteiger partial charge in [-0.25, -0.2) is 4.79 Å². The molecule has 5 heteroatoms. The van der Waals surface area contributed by atoms with E-state index < -0.39 is 5.60 Å². The molecule has 0 aliphatic heterocycles. The number of benzene rings is 1. The molecule has 0 heterocycles. The summed E-state index contributed by atoms with van der Waals surface area (Å²) >= 11 is 0. The van der Waals surface area contributed by atoms with Crippen molar-refractivity contribution in [2.75, 3.05) is 13.2 Å². The Morgan fingerprint density at radius 3 is 2.59 bits per heavy atom. The lowest BCUT2D eigenvalue weighted by atomic mass is 10.0. The van der Waals surface area contributed by atoms with E-state index in [-0.39, 0.29) is 6.03 Å². The normalized spacial score (nSPS) is 16.5. The van der Waals surface area contributed by atoms with Crippen LogP contribution in [0.1, 0.15) is 43.7 Å². The summed E-state index contributed by atoms with van der Waals surface area (Å²) in [6, 6.07) is 7.66. The summed E-state index contributed by atoms with van der Waals surface area (Å²) < 4.78 is 5.43. The average molecular weight is 306 g/mol. The van der Waals surface area contributed by atoms with Crippen LogP contribution in [0, 0.1) is 0 Å². The zero-order valence-corrected chi connectivity index (χ0v) is 13.2. The number of urea groups is 1. The molecule has 1 aromatic carbocycles. The monoisotopic (exact) mass is 306 g/mol. The minimum absolute atomic E-state index is 0.244. The highest BCUT2D eigenvalue weighted by atomic mass is 16.5. The quantitative estimate of drug-likeness (QED) is 0.724. The Morgan fingerprint density at radius 2 is 1.91 bits per heavy atom. The van der Waals surface area contributed by atoms with E-state index in [1.165, 1.54) is 0 Å². The Balaban J connectivity index is 1.78. The molecule has 22 heavy (non-hydrogen) atoms. The summed E-state index contributed by atoms with van der Waals surface area (Å²) in [5, 5.41) is 15.8. The predicted molar refractivity (Wildman–Crippen MR) is 85.4 cm³/mol. The number of amides is 2. The molecule has 0 radical (unpaired) electrons. The second-order valence-corrected chi connectivity index (χ2v) is 5.87. The van der Waals surface area contributed by atoms with Gasteiger partial charge in [-0.15, -0.1) is 0 Å². The van der Waals surface area contributed by atoms with E-state index >= 15 is 0 Å². The van der Waals surface area contributed by atoms with Crippen LogP contribution in [0.5, 0.6) is 0 Å². The molecular weight excluding hydrogens is 280 g/mol. The van der Waals surface area contributed by atoms with Crippen LogP contribution in [-0.2, 0) is 17.9 Å². The van der Waals surface area contributed by atoms with Crippen LogP contribution >= 0.6 is 0 Å². The van der Waals surface area contributed by atoms with Gasteiger partial charge in [0.15, 0.2) is 0 Å². The van der Waals surface area contributed by atoms with Crippen LogP contribution in [0.2, 0.25) is 0 Å². The highest BCUT2D eigenvalue weighted by Crippen LogP contribution is 2.28. The van der Waals surface area contributed by atoms with Crippen molar-refractivity contribution in [3.05, 3.63) is 35.4 Å². The Hall–Kier alpha value is -1.59. The first-order valence-corrected chi connectivity index (χ1v) is 8.01. The zero-order valence-electron chi connectivity index (χ0n) is 13.2. The van der Waals surface area contributed by atoms with Gasteiger partial charge in [-0.3, -0.25) is 0 Å². The van der Waals surface area contributed by atoms with Crippen molar-refractivity contribution in [1.82, 2.24) is 10.6 Å². The molecule has 0 spiro atoms. The van der Waals surface area contributed by atoms with Crippen LogP contribution in [0.3, 0.4) is 0 Å². The second-order valence-electron chi connectivity index (χ2n) is 5.87. The third kappa shape index (κ3) is 5.00. The Bertz CT molecular complexity index is 485. The summed E-state index contributed by atoms with van der Waals surface area (Å²) in [6.45, 7) is 3.95. The molecule has 5 nitrogen and oxygen atoms in total. The van der Waals surface area contributed by atoms with E-state index in [4.69, 9.17) is 4.74 Å². The molecular formula is C17H26N2O3. The van der Waals surface area contributed by atoms with Crippen LogP contribution in [-0.4, -0.2) is 29.9 Å². The predicted octanol–water partition coefficient (Wildman–Crippen LogP) is 2.33. The lowest BCUT2D eigenvalue weighted by molar-refractivity contribution is 0.0501. The minimum atomic E-state index is -0.718. The van der Waals surface area contributed by atoms with E-state index in [1.807, 2.05) is 31.2 Å². The first-order chi connectivity index (χ1) is 10.6. The maximum atomic E-state index is 11.9. The van der Waals surface area contributed by atoms with Gasteiger partial charge >= 0.3 is 6.03 Å². The van der Waals surface area contributed by atoms with E-state index in [2.05, 4.69) is 10.6 Å². The highest BCUT2D eigenvalue weighted by Gasteiger charge is 2.31. The molecule has 3 N–H and O–H groups in total. The van der Waals surface area contributed by atoms with Crippen molar-refractivity contribution < 1.29 is 14.6 Å². The van der Waals surface area contributed by atoms with Gasteiger partial charge in [0, 0.05) is 19.7 Å². The average Bonchev–Trinajstić information content (AvgIpc) is 2.97. The fourth-order valence-corrected chi connectivity index (χ4v) is 2.78. The first kappa shape index (κ1) is 16.8. The molecule has 1 aliphatic rings. The van der Waals surface area contributed by atoms with Gasteiger partial charge < -0.3 is 20.5 Å². The molecule has 0 unspecified atom stereocenters. The van der Waals surface area contributed by atoms with Gasteiger partial charge in [0.05, 0.1) is 12.2 Å². The van der Waals surface area contributed by atoms with Crippen LogP contribution in [0.15, 0.2) is 24.3 Å². The number of ether oxygens (including phenoxy) is 1. The van der Waals surface area contributed by atoms with E-state index in [9.17, 15) is 9.90 Å². The van der Waals surface area contributed by atoms with Gasteiger partial charge in [-0.1, -0.05) is 37.1 Å². The molecule has 2 rings (SSSR count). The second kappa shape index (κ2) is 8.15. The van der Waals surface area contributed by atoms with Gasteiger partial charge in [0.25, 0.3) is 0 Å². The zero-order chi connectivity index (χ0) is 15.8. The summed E-state index contributed by atoms with van der Waals surface area (Å²) in [5.41, 5.74) is 1.41. The first-order valence-electron chi connectivity index (χ1n) is 8.01. The van der Waals surface area contributed by atoms with Crippen molar-refractivity contribution >= 4 is 6.03 Å². The molecule has 1 fully saturated rings. The van der Waals surface area contributed by atoms with Gasteiger partial charge in [0.1, 0.15) is 0 Å². The van der Waals surface area contributed by atoms with Crippen molar-refractivity contribution in [2.45, 2.75) is 51.4 Å². The molecule has 0 bridgehead atoms. The van der Waals surface area contributed by atoms with Gasteiger partial charge in [-0.2, -0.15) is 0 Å². The van der Waals surface area contributed by atoms with E-state index in [0.29, 0.717) is 26.3 Å². The molecule has 0 atom stereocenters. The number of aliphatic hydroxyl groups is 1. The van der Waals surface area contributed by atoms with E-state index in [1.54, 1.807) is 0 Å². The van der Waals surface area contributed by atoms with E-state index in [0.717, 1.165) is 36.8 Å². The maximum absolute atomic E-state index is 11.9. The molecule has 0 saturated heterocycles. The number of carbonyl (C=O) groups is 1. The lowest BCUT2D eigenvalue weighted by Crippen LogP contribution is -2.44. The highest BCUT2D eigenvalue weighted by molar-refractivity contribution is 5.73. The number of hydrogen-bond donors (Lipinski definition) is 3. The van der Waals surface area contributed by atoms with Crippen molar-refractivity contribution in [3.8, 4) is 0 Å². The molecule has 1 aliphatic carbocycles. The SMILES string of the molecule is CCOCc1ccccc1CNC(=O)NCC1(O)CCCC1. The molecule has 1 saturated carbocycles. The Kier molecular flexibility index (Phi) is 6.21. The summed E-state index contributed by atoms with van der Waals surface area (Å²) in [5.74, 6) is 0. The topological polar surface area (TPSA) is 70.6 Å². The fourth-order valence-electron chi connectivity index (χ4n) is 2.78. The van der Waals surface area contributed by atoms with Crippen molar-refractivity contribution in [2.24, 2.45) is 0 Å². The van der Waals surface area contributed by atoms with Crippen LogP contribution in [0.25, 0.3) is 0 Å². The number of rotatable bonds is 7. The largest absolute Gasteiger partial charge is 0.388 e. The third-order valence-electron chi connectivity index (χ3n) is 4.13. The summed E-state index contributed by atoms with van der Waals surface area (Å²) in [6.07, 6.45) is 3.60. The Morgan fingerprint density at radius 1 is 1.23 bits per heavy atom.